The molecule has 0 unspecified atom stereocenters. The van der Waals surface area contributed by atoms with E-state index in [4.69, 9.17) is 37.7 Å². The number of halogens is 2. The maximum absolute atomic E-state index is 12.6. The molecule has 0 aliphatic carbocycles. The Hall–Kier alpha value is -2.10. The van der Waals surface area contributed by atoms with Crippen LogP contribution in [0.5, 0.6) is 6.01 Å². The fourth-order valence-electron chi connectivity index (χ4n) is 4.38. The number of likely N-dealkylation sites (N-methyl/N-ethyl adjacent to an activating group) is 1. The lowest BCUT2D eigenvalue weighted by Gasteiger charge is -2.41. The van der Waals surface area contributed by atoms with Gasteiger partial charge in [0, 0.05) is 31.7 Å². The first kappa shape index (κ1) is 25.0. The van der Waals surface area contributed by atoms with E-state index < -0.39 is 5.60 Å². The van der Waals surface area contributed by atoms with E-state index in [2.05, 4.69) is 26.8 Å². The van der Waals surface area contributed by atoms with E-state index in [1.165, 1.54) is 0 Å². The van der Waals surface area contributed by atoms with Gasteiger partial charge in [-0.1, -0.05) is 23.2 Å². The molecule has 0 N–H and O–H groups in total. The Morgan fingerprint density at radius 1 is 1.18 bits per heavy atom. The number of carbonyl (C=O) groups excluding carboxylic acids is 1. The number of pyridine rings is 1. The summed E-state index contributed by atoms with van der Waals surface area (Å²) in [5, 5.41) is 1.21. The number of anilines is 1. The number of amides is 1. The highest BCUT2D eigenvalue weighted by Gasteiger charge is 2.32. The van der Waals surface area contributed by atoms with Crippen LogP contribution in [0.1, 0.15) is 40.5 Å². The molecule has 0 spiro atoms. The molecule has 0 aromatic carbocycles. The summed E-state index contributed by atoms with van der Waals surface area (Å²) in [6.07, 6.45) is 1.93. The lowest BCUT2D eigenvalue weighted by Crippen LogP contribution is -2.54. The lowest BCUT2D eigenvalue weighted by molar-refractivity contribution is 0.0218. The van der Waals surface area contributed by atoms with Crippen LogP contribution >= 0.6 is 23.2 Å². The van der Waals surface area contributed by atoms with E-state index in [0.717, 1.165) is 19.4 Å². The fraction of sp³-hybridized carbons (Fsp3) is 0.652. The van der Waals surface area contributed by atoms with Crippen molar-refractivity contribution in [2.75, 3.05) is 44.7 Å². The van der Waals surface area contributed by atoms with Crippen molar-refractivity contribution < 1.29 is 14.3 Å². The molecule has 186 valence electrons. The van der Waals surface area contributed by atoms with Gasteiger partial charge in [-0.05, 0) is 60.2 Å². The van der Waals surface area contributed by atoms with E-state index in [9.17, 15) is 4.79 Å². The zero-order valence-corrected chi connectivity index (χ0v) is 21.9. The quantitative estimate of drug-likeness (QED) is 0.564. The SMILES string of the molecule is C[C@H]1CN(C(=O)OC(C)(C)C)CCN1c1nc(OC[C@@H]2CCCN2C)nc2nc(Cl)c(Cl)cc12. The Bertz CT molecular complexity index is 1060. The molecule has 0 bridgehead atoms. The van der Waals surface area contributed by atoms with E-state index in [0.29, 0.717) is 54.2 Å². The van der Waals surface area contributed by atoms with Crippen molar-refractivity contribution in [2.24, 2.45) is 0 Å². The number of hydrogen-bond acceptors (Lipinski definition) is 8. The number of hydrogen-bond donors (Lipinski definition) is 0. The Kier molecular flexibility index (Phi) is 7.26. The Morgan fingerprint density at radius 3 is 2.59 bits per heavy atom. The summed E-state index contributed by atoms with van der Waals surface area (Å²) in [5.41, 5.74) is -0.113. The molecule has 0 radical (unpaired) electrons. The third-order valence-electron chi connectivity index (χ3n) is 6.18. The molecule has 2 aliphatic heterocycles. The minimum Gasteiger partial charge on any atom is -0.462 e. The molecule has 9 nitrogen and oxygen atoms in total. The molecular formula is C23H32Cl2N6O3. The second kappa shape index (κ2) is 9.87. The Morgan fingerprint density at radius 2 is 1.94 bits per heavy atom. The summed E-state index contributed by atoms with van der Waals surface area (Å²) in [4.78, 5) is 32.4. The molecule has 2 aliphatic rings. The second-order valence-corrected chi connectivity index (χ2v) is 10.8. The van der Waals surface area contributed by atoms with Gasteiger partial charge in [0.15, 0.2) is 5.65 Å². The van der Waals surface area contributed by atoms with Crippen LogP contribution in [0.3, 0.4) is 0 Å². The summed E-state index contributed by atoms with van der Waals surface area (Å²) in [7, 11) is 2.10. The number of carbonyl (C=O) groups is 1. The number of rotatable bonds is 4. The van der Waals surface area contributed by atoms with Gasteiger partial charge in [-0.2, -0.15) is 9.97 Å². The maximum Gasteiger partial charge on any atom is 0.410 e. The molecule has 2 saturated heterocycles. The van der Waals surface area contributed by atoms with Crippen molar-refractivity contribution >= 4 is 46.1 Å². The molecule has 2 atom stereocenters. The van der Waals surface area contributed by atoms with E-state index in [1.807, 2.05) is 27.7 Å². The predicted molar refractivity (Wildman–Crippen MR) is 133 cm³/mol. The molecule has 11 heteroatoms. The zero-order chi connectivity index (χ0) is 24.6. The van der Waals surface area contributed by atoms with Gasteiger partial charge in [0.1, 0.15) is 23.2 Å². The Labute approximate surface area is 210 Å². The first-order chi connectivity index (χ1) is 16.0. The van der Waals surface area contributed by atoms with Gasteiger partial charge < -0.3 is 24.2 Å². The second-order valence-electron chi connectivity index (χ2n) is 10.0. The van der Waals surface area contributed by atoms with Crippen LogP contribution < -0.4 is 9.64 Å². The summed E-state index contributed by atoms with van der Waals surface area (Å²) < 4.78 is 11.6. The van der Waals surface area contributed by atoms with E-state index in [-0.39, 0.29) is 23.3 Å². The monoisotopic (exact) mass is 510 g/mol. The molecule has 1 amide bonds. The minimum absolute atomic E-state index is 0.0253. The summed E-state index contributed by atoms with van der Waals surface area (Å²) in [6.45, 7) is 10.8. The highest BCUT2D eigenvalue weighted by atomic mass is 35.5. The average Bonchev–Trinajstić information content (AvgIpc) is 3.16. The van der Waals surface area contributed by atoms with Gasteiger partial charge >= 0.3 is 12.1 Å². The van der Waals surface area contributed by atoms with Crippen LogP contribution in [0, 0.1) is 0 Å². The lowest BCUT2D eigenvalue weighted by atomic mass is 10.1. The molecule has 0 saturated carbocycles. The normalized spacial score (nSPS) is 21.9. The molecule has 34 heavy (non-hydrogen) atoms. The topological polar surface area (TPSA) is 83.9 Å². The van der Waals surface area contributed by atoms with Gasteiger partial charge in [0.2, 0.25) is 0 Å². The van der Waals surface area contributed by atoms with Gasteiger partial charge in [0.25, 0.3) is 0 Å². The number of piperazine rings is 1. The van der Waals surface area contributed by atoms with Crippen LogP contribution in [-0.4, -0.2) is 88.4 Å². The molecular weight excluding hydrogens is 479 g/mol. The van der Waals surface area contributed by atoms with Crippen molar-refractivity contribution in [1.82, 2.24) is 24.8 Å². The van der Waals surface area contributed by atoms with Crippen molar-refractivity contribution in [3.05, 3.63) is 16.2 Å². The highest BCUT2D eigenvalue weighted by molar-refractivity contribution is 6.41. The van der Waals surface area contributed by atoms with Gasteiger partial charge in [-0.25, -0.2) is 9.78 Å². The number of aromatic nitrogens is 3. The zero-order valence-electron chi connectivity index (χ0n) is 20.3. The van der Waals surface area contributed by atoms with Crippen molar-refractivity contribution in [1.29, 1.82) is 0 Å². The van der Waals surface area contributed by atoms with Gasteiger partial charge in [0.05, 0.1) is 10.4 Å². The van der Waals surface area contributed by atoms with Crippen molar-refractivity contribution in [3.8, 4) is 6.01 Å². The number of likely N-dealkylation sites (tertiary alicyclic amines) is 1. The molecule has 2 aromatic heterocycles. The maximum atomic E-state index is 12.6. The van der Waals surface area contributed by atoms with Crippen molar-refractivity contribution in [2.45, 2.75) is 58.2 Å². The molecule has 2 fully saturated rings. The fourth-order valence-corrected chi connectivity index (χ4v) is 4.67. The third kappa shape index (κ3) is 5.58. The standard InChI is InChI=1S/C23H32Cl2N6O3/c1-14-12-30(22(32)34-23(2,3)4)9-10-31(14)20-16-11-17(24)18(25)26-19(16)27-21(28-20)33-13-15-7-6-8-29(15)5/h11,14-15H,6-10,12-13H2,1-5H3/t14-,15-/m0/s1. The first-order valence-electron chi connectivity index (χ1n) is 11.6. The largest absolute Gasteiger partial charge is 0.462 e. The number of ether oxygens (including phenoxy) is 2. The number of fused-ring (bicyclic) bond motifs is 1. The summed E-state index contributed by atoms with van der Waals surface area (Å²) in [6, 6.07) is 2.31. The molecule has 4 heterocycles. The highest BCUT2D eigenvalue weighted by Crippen LogP contribution is 2.33. The smallest absolute Gasteiger partial charge is 0.410 e. The summed E-state index contributed by atoms with van der Waals surface area (Å²) >= 11 is 12.5. The molecule has 4 rings (SSSR count). The summed E-state index contributed by atoms with van der Waals surface area (Å²) in [5.74, 6) is 0.669. The van der Waals surface area contributed by atoms with Gasteiger partial charge in [-0.3, -0.25) is 0 Å². The van der Waals surface area contributed by atoms with E-state index >= 15 is 0 Å². The van der Waals surface area contributed by atoms with Crippen LogP contribution in [0.25, 0.3) is 11.0 Å². The van der Waals surface area contributed by atoms with Crippen LogP contribution in [0.15, 0.2) is 6.07 Å². The van der Waals surface area contributed by atoms with Crippen molar-refractivity contribution in [3.63, 3.8) is 0 Å². The van der Waals surface area contributed by atoms with Crippen LogP contribution in [0.2, 0.25) is 10.2 Å². The number of nitrogens with zero attached hydrogens (tertiary/aromatic N) is 6. The van der Waals surface area contributed by atoms with Crippen LogP contribution in [0.4, 0.5) is 10.6 Å². The molecule has 2 aromatic rings. The third-order valence-corrected chi connectivity index (χ3v) is 6.86. The average molecular weight is 511 g/mol. The van der Waals surface area contributed by atoms with Gasteiger partial charge in [-0.15, -0.1) is 0 Å². The predicted octanol–water partition coefficient (Wildman–Crippen LogP) is 4.25. The Balaban J connectivity index is 1.60. The van der Waals surface area contributed by atoms with E-state index in [1.54, 1.807) is 11.0 Å². The van der Waals surface area contributed by atoms with Crippen LogP contribution in [-0.2, 0) is 4.74 Å². The minimum atomic E-state index is -0.540. The first-order valence-corrected chi connectivity index (χ1v) is 12.4.